The largest absolute Gasteiger partial charge is 0.354 e. The molecule has 0 unspecified atom stereocenters. The van der Waals surface area contributed by atoms with E-state index in [4.69, 9.17) is 4.52 Å². The molecule has 0 radical (unpaired) electrons. The Labute approximate surface area is 170 Å². The Kier molecular flexibility index (Phi) is 5.47. The van der Waals surface area contributed by atoms with Gasteiger partial charge in [0.05, 0.1) is 23.3 Å². The van der Waals surface area contributed by atoms with Crippen LogP contribution >= 0.6 is 11.3 Å². The highest BCUT2D eigenvalue weighted by Crippen LogP contribution is 2.24. The first-order valence-corrected chi connectivity index (χ1v) is 10.0. The number of aryl methyl sites for hydroxylation is 3. The predicted octanol–water partition coefficient (Wildman–Crippen LogP) is 2.08. The first-order chi connectivity index (χ1) is 14.1. The first-order valence-electron chi connectivity index (χ1n) is 9.14. The summed E-state index contributed by atoms with van der Waals surface area (Å²) in [6, 6.07) is 5.85. The average molecular weight is 412 g/mol. The topological polar surface area (TPSA) is 117 Å². The fourth-order valence-electron chi connectivity index (χ4n) is 2.85. The van der Waals surface area contributed by atoms with Crippen LogP contribution in [0.5, 0.6) is 0 Å². The lowest BCUT2D eigenvalue weighted by Crippen LogP contribution is -2.28. The molecule has 1 amide bonds. The highest BCUT2D eigenvalue weighted by atomic mass is 32.1. The third-order valence-electron chi connectivity index (χ3n) is 4.24. The number of carbonyl (C=O) groups is 1. The van der Waals surface area contributed by atoms with Crippen molar-refractivity contribution in [2.45, 2.75) is 33.4 Å². The van der Waals surface area contributed by atoms with Gasteiger partial charge < -0.3 is 9.84 Å². The number of thiophene rings is 1. The minimum atomic E-state index is -0.0321. The number of rotatable bonds is 8. The van der Waals surface area contributed by atoms with Gasteiger partial charge in [-0.15, -0.1) is 16.4 Å². The smallest absolute Gasteiger partial charge is 0.280 e. The van der Waals surface area contributed by atoms with E-state index < -0.39 is 0 Å². The monoisotopic (exact) mass is 412 g/mol. The van der Waals surface area contributed by atoms with E-state index in [0.717, 1.165) is 16.3 Å². The molecule has 4 aromatic rings. The number of amides is 1. The van der Waals surface area contributed by atoms with Crippen LogP contribution in [0.2, 0.25) is 0 Å². The number of nitrogens with zero attached hydrogens (tertiary/aromatic N) is 7. The lowest BCUT2D eigenvalue weighted by Gasteiger charge is -2.06. The van der Waals surface area contributed by atoms with Crippen molar-refractivity contribution >= 4 is 17.2 Å². The fraction of sp³-hybridized carbons (Fsp3) is 0.333. The summed E-state index contributed by atoms with van der Waals surface area (Å²) in [6.45, 7) is 5.41. The van der Waals surface area contributed by atoms with Gasteiger partial charge in [-0.2, -0.15) is 10.1 Å². The molecule has 4 rings (SSSR count). The summed E-state index contributed by atoms with van der Waals surface area (Å²) >= 11 is 1.54. The molecule has 0 aliphatic heterocycles. The second kappa shape index (κ2) is 8.35. The molecule has 0 aliphatic rings. The quantitative estimate of drug-likeness (QED) is 0.471. The summed E-state index contributed by atoms with van der Waals surface area (Å²) in [5.41, 5.74) is 2.50. The summed E-state index contributed by atoms with van der Waals surface area (Å²) in [5.74, 6) is 0.809. The highest BCUT2D eigenvalue weighted by molar-refractivity contribution is 7.13. The first kappa shape index (κ1) is 19.0. The molecule has 0 saturated carbocycles. The SMILES string of the molecule is Cc1cc(C)n(CCC(=O)NCCn2cc(-c3nc(-c4cccs4)no3)nn2)n1. The van der Waals surface area contributed by atoms with E-state index in [9.17, 15) is 4.79 Å². The van der Waals surface area contributed by atoms with Crippen molar-refractivity contribution in [2.24, 2.45) is 0 Å². The third kappa shape index (κ3) is 4.57. The molecular weight excluding hydrogens is 392 g/mol. The number of nitrogens with one attached hydrogen (secondary N) is 1. The van der Waals surface area contributed by atoms with Gasteiger partial charge in [-0.05, 0) is 31.4 Å². The number of hydrogen-bond donors (Lipinski definition) is 1. The lowest BCUT2D eigenvalue weighted by atomic mass is 10.3. The van der Waals surface area contributed by atoms with Gasteiger partial charge >= 0.3 is 0 Å². The van der Waals surface area contributed by atoms with Gasteiger partial charge in [0.15, 0.2) is 5.69 Å². The Morgan fingerprint density at radius 1 is 1.31 bits per heavy atom. The zero-order valence-electron chi connectivity index (χ0n) is 16.1. The molecule has 4 aromatic heterocycles. The van der Waals surface area contributed by atoms with Crippen LogP contribution in [0, 0.1) is 13.8 Å². The van der Waals surface area contributed by atoms with Gasteiger partial charge in [0, 0.05) is 25.2 Å². The molecule has 1 N–H and O–H groups in total. The molecule has 0 aliphatic carbocycles. The molecule has 10 nitrogen and oxygen atoms in total. The van der Waals surface area contributed by atoms with E-state index in [1.54, 1.807) is 10.9 Å². The highest BCUT2D eigenvalue weighted by Gasteiger charge is 2.14. The number of aromatic nitrogens is 7. The van der Waals surface area contributed by atoms with Crippen LogP contribution in [0.4, 0.5) is 0 Å². The van der Waals surface area contributed by atoms with E-state index in [1.165, 1.54) is 11.3 Å². The molecule has 0 fully saturated rings. The van der Waals surface area contributed by atoms with Gasteiger partial charge in [0.25, 0.3) is 5.89 Å². The molecule has 0 atom stereocenters. The molecule has 0 saturated heterocycles. The normalized spacial score (nSPS) is 11.1. The summed E-state index contributed by atoms with van der Waals surface area (Å²) < 4.78 is 8.74. The average Bonchev–Trinajstić information content (AvgIpc) is 3.47. The second-order valence-electron chi connectivity index (χ2n) is 6.52. The Morgan fingerprint density at radius 2 is 2.21 bits per heavy atom. The van der Waals surface area contributed by atoms with Crippen molar-refractivity contribution in [3.05, 3.63) is 41.2 Å². The molecule has 150 valence electrons. The van der Waals surface area contributed by atoms with Gasteiger partial charge in [-0.3, -0.25) is 9.48 Å². The maximum absolute atomic E-state index is 12.0. The fourth-order valence-corrected chi connectivity index (χ4v) is 3.50. The van der Waals surface area contributed by atoms with Gasteiger partial charge in [-0.25, -0.2) is 4.68 Å². The Balaban J connectivity index is 1.25. The van der Waals surface area contributed by atoms with Crippen molar-refractivity contribution in [1.82, 2.24) is 40.2 Å². The van der Waals surface area contributed by atoms with Crippen LogP contribution in [-0.4, -0.2) is 47.4 Å². The van der Waals surface area contributed by atoms with Crippen LogP contribution < -0.4 is 5.32 Å². The Hall–Kier alpha value is -3.34. The molecule has 0 bridgehead atoms. The maximum Gasteiger partial charge on any atom is 0.280 e. The predicted molar refractivity (Wildman–Crippen MR) is 106 cm³/mol. The van der Waals surface area contributed by atoms with Gasteiger partial charge in [0.2, 0.25) is 11.7 Å². The zero-order chi connectivity index (χ0) is 20.2. The summed E-state index contributed by atoms with van der Waals surface area (Å²) in [4.78, 5) is 17.3. The van der Waals surface area contributed by atoms with Crippen molar-refractivity contribution in [3.8, 4) is 22.3 Å². The van der Waals surface area contributed by atoms with Crippen LogP contribution in [0.15, 0.2) is 34.3 Å². The van der Waals surface area contributed by atoms with Crippen LogP contribution in [0.3, 0.4) is 0 Å². The number of hydrogen-bond acceptors (Lipinski definition) is 8. The van der Waals surface area contributed by atoms with E-state index in [0.29, 0.717) is 43.5 Å². The van der Waals surface area contributed by atoms with Crippen molar-refractivity contribution in [1.29, 1.82) is 0 Å². The number of carbonyl (C=O) groups excluding carboxylic acids is 1. The van der Waals surface area contributed by atoms with Crippen molar-refractivity contribution in [2.75, 3.05) is 6.54 Å². The maximum atomic E-state index is 12.0. The van der Waals surface area contributed by atoms with Gasteiger partial charge in [-0.1, -0.05) is 16.4 Å². The minimum absolute atomic E-state index is 0.0321. The van der Waals surface area contributed by atoms with E-state index >= 15 is 0 Å². The van der Waals surface area contributed by atoms with Crippen LogP contribution in [-0.2, 0) is 17.9 Å². The Bertz CT molecular complexity index is 1100. The van der Waals surface area contributed by atoms with Crippen LogP contribution in [0.1, 0.15) is 17.8 Å². The zero-order valence-corrected chi connectivity index (χ0v) is 16.9. The van der Waals surface area contributed by atoms with E-state index in [-0.39, 0.29) is 5.91 Å². The third-order valence-corrected chi connectivity index (χ3v) is 5.11. The molecule has 4 heterocycles. The van der Waals surface area contributed by atoms with Crippen molar-refractivity contribution < 1.29 is 9.32 Å². The van der Waals surface area contributed by atoms with Crippen LogP contribution in [0.25, 0.3) is 22.3 Å². The Morgan fingerprint density at radius 3 is 2.97 bits per heavy atom. The molecule has 0 spiro atoms. The molecule has 0 aromatic carbocycles. The minimum Gasteiger partial charge on any atom is -0.354 e. The summed E-state index contributed by atoms with van der Waals surface area (Å²) in [7, 11) is 0. The van der Waals surface area contributed by atoms with Gasteiger partial charge in [0.1, 0.15) is 0 Å². The summed E-state index contributed by atoms with van der Waals surface area (Å²) in [5, 5.41) is 21.3. The second-order valence-corrected chi connectivity index (χ2v) is 7.47. The molecule has 29 heavy (non-hydrogen) atoms. The van der Waals surface area contributed by atoms with E-state index in [1.807, 2.05) is 42.1 Å². The lowest BCUT2D eigenvalue weighted by molar-refractivity contribution is -0.121. The summed E-state index contributed by atoms with van der Waals surface area (Å²) in [6.07, 6.45) is 2.09. The van der Waals surface area contributed by atoms with E-state index in [2.05, 4.69) is 30.9 Å². The molecular formula is C18H20N8O2S. The van der Waals surface area contributed by atoms with Crippen molar-refractivity contribution in [3.63, 3.8) is 0 Å². The molecule has 11 heteroatoms. The standard InChI is InChI=1S/C18H20N8O2S/c1-12-10-13(2)26(22-12)7-5-16(27)19-6-8-25-11-14(21-24-25)18-20-17(23-28-18)15-4-3-9-29-15/h3-4,9-11H,5-8H2,1-2H3,(H,19,27).